The highest BCUT2D eigenvalue weighted by Crippen LogP contribution is 2.42. The molecule has 6 aromatic carbocycles. The summed E-state index contributed by atoms with van der Waals surface area (Å²) < 4.78 is 15.4. The van der Waals surface area contributed by atoms with Gasteiger partial charge in [0.15, 0.2) is 23.0 Å². The molecule has 0 fully saturated rings. The number of benzene rings is 6. The summed E-state index contributed by atoms with van der Waals surface area (Å²) in [6.07, 6.45) is 3.63. The number of hydrogen-bond donors (Lipinski definition) is 2. The van der Waals surface area contributed by atoms with Crippen molar-refractivity contribution in [2.45, 2.75) is 37.8 Å². The van der Waals surface area contributed by atoms with Gasteiger partial charge < -0.3 is 19.7 Å². The van der Waals surface area contributed by atoms with Crippen LogP contribution in [0.25, 0.3) is 21.5 Å². The highest BCUT2D eigenvalue weighted by molar-refractivity contribution is 9.07. The standard InChI is InChI=1S/C22H22BrNO2.C20H18BrNO2/c1-25-21-13-18-9-10-24(23)20(19(18)14-22(21)26-2)12-15-7-8-16-5-3-4-6-17(16)11-15;21-22-8-7-16-11-19(23)20(24)12-17(16)18(22)10-13-5-6-14-3-1-2-4-15(14)9-13/h3-8,11,13-14,20H,9-10,12H2,1-2H3;1-6,9,11-12,18,23-24H,7-8,10H2/t20-;18-/m00/s1. The quantitative estimate of drug-likeness (QED) is 0.129. The van der Waals surface area contributed by atoms with Crippen LogP contribution in [0.3, 0.4) is 0 Å². The lowest BCUT2D eigenvalue weighted by molar-refractivity contribution is 0.334. The van der Waals surface area contributed by atoms with Crippen LogP contribution >= 0.6 is 32.3 Å². The zero-order chi connectivity index (χ0) is 34.8. The molecule has 0 saturated carbocycles. The van der Waals surface area contributed by atoms with Gasteiger partial charge in [0.2, 0.25) is 0 Å². The second-order valence-electron chi connectivity index (χ2n) is 13.0. The Balaban J connectivity index is 0.000000157. The Morgan fingerprint density at radius 3 is 1.52 bits per heavy atom. The number of methoxy groups -OCH3 is 2. The van der Waals surface area contributed by atoms with Gasteiger partial charge in [0.1, 0.15) is 0 Å². The number of phenols is 2. The first-order chi connectivity index (χ1) is 24.3. The number of phenolic OH excluding ortho intramolecular Hbond substituents is 2. The van der Waals surface area contributed by atoms with Gasteiger partial charge in [0.05, 0.1) is 14.2 Å². The van der Waals surface area contributed by atoms with Crippen molar-refractivity contribution in [2.75, 3.05) is 27.3 Å². The van der Waals surface area contributed by atoms with Crippen LogP contribution in [0.5, 0.6) is 23.0 Å². The number of nitrogens with zero attached hydrogens (tertiary/aromatic N) is 2. The second-order valence-corrected chi connectivity index (χ2v) is 14.8. The predicted molar refractivity (Wildman–Crippen MR) is 209 cm³/mol. The Morgan fingerprint density at radius 2 is 1.00 bits per heavy atom. The van der Waals surface area contributed by atoms with E-state index in [1.54, 1.807) is 26.4 Å². The van der Waals surface area contributed by atoms with E-state index in [4.69, 9.17) is 9.47 Å². The highest BCUT2D eigenvalue weighted by atomic mass is 79.9. The molecular weight excluding hydrogens is 756 g/mol. The van der Waals surface area contributed by atoms with Gasteiger partial charge in [-0.3, -0.25) is 0 Å². The summed E-state index contributed by atoms with van der Waals surface area (Å²) in [5, 5.41) is 24.7. The Kier molecular flexibility index (Phi) is 10.3. The van der Waals surface area contributed by atoms with E-state index in [1.807, 2.05) is 0 Å². The molecule has 0 saturated heterocycles. The van der Waals surface area contributed by atoms with Gasteiger partial charge >= 0.3 is 0 Å². The third kappa shape index (κ3) is 7.21. The number of halogens is 2. The van der Waals surface area contributed by atoms with Crippen LogP contribution < -0.4 is 9.47 Å². The van der Waals surface area contributed by atoms with Gasteiger partial charge in [0.25, 0.3) is 0 Å². The molecule has 8 heteroatoms. The molecule has 2 atom stereocenters. The van der Waals surface area contributed by atoms with Gasteiger partial charge in [0, 0.05) is 57.5 Å². The second kappa shape index (κ2) is 15.0. The normalized spacial score (nSPS) is 17.4. The topological polar surface area (TPSA) is 65.4 Å². The van der Waals surface area contributed by atoms with E-state index < -0.39 is 0 Å². The van der Waals surface area contributed by atoms with Gasteiger partial charge in [-0.15, -0.1) is 0 Å². The largest absolute Gasteiger partial charge is 0.504 e. The summed E-state index contributed by atoms with van der Waals surface area (Å²) in [7, 11) is 3.38. The lowest BCUT2D eigenvalue weighted by Gasteiger charge is -2.33. The van der Waals surface area contributed by atoms with Crippen molar-refractivity contribution < 1.29 is 19.7 Å². The van der Waals surface area contributed by atoms with E-state index >= 15 is 0 Å². The van der Waals surface area contributed by atoms with Gasteiger partial charge in [-0.05, 0) is 105 Å². The average Bonchev–Trinajstić information content (AvgIpc) is 3.14. The molecule has 256 valence electrons. The van der Waals surface area contributed by atoms with Crippen molar-refractivity contribution in [2.24, 2.45) is 0 Å². The summed E-state index contributed by atoms with van der Waals surface area (Å²) in [5.74, 6) is 1.50. The third-order valence-corrected chi connectivity index (χ3v) is 11.6. The van der Waals surface area contributed by atoms with Crippen molar-refractivity contribution in [1.82, 2.24) is 7.85 Å². The van der Waals surface area contributed by atoms with Gasteiger partial charge in [-0.1, -0.05) is 84.9 Å². The van der Waals surface area contributed by atoms with E-state index in [0.29, 0.717) is 0 Å². The molecule has 0 spiro atoms. The molecule has 0 bridgehead atoms. The maximum Gasteiger partial charge on any atom is 0.161 e. The predicted octanol–water partition coefficient (Wildman–Crippen LogP) is 10.0. The summed E-state index contributed by atoms with van der Waals surface area (Å²) in [4.78, 5) is 0. The summed E-state index contributed by atoms with van der Waals surface area (Å²) in [6.45, 7) is 1.84. The fraction of sp³-hybridized carbons (Fsp3) is 0.238. The van der Waals surface area contributed by atoms with E-state index in [2.05, 4.69) is 137 Å². The molecule has 2 aliphatic heterocycles. The number of hydrogen-bond acceptors (Lipinski definition) is 6. The van der Waals surface area contributed by atoms with E-state index in [9.17, 15) is 10.2 Å². The minimum atomic E-state index is -0.0555. The van der Waals surface area contributed by atoms with Crippen LogP contribution in [0.1, 0.15) is 45.5 Å². The molecular formula is C42H40Br2N2O4. The van der Waals surface area contributed by atoms with Crippen LogP contribution in [0.15, 0.2) is 109 Å². The van der Waals surface area contributed by atoms with E-state index in [-0.39, 0.29) is 23.6 Å². The van der Waals surface area contributed by atoms with Crippen molar-refractivity contribution in [3.05, 3.63) is 143 Å². The van der Waals surface area contributed by atoms with Gasteiger partial charge in [-0.25, -0.2) is 7.85 Å². The molecule has 0 aliphatic carbocycles. The van der Waals surface area contributed by atoms with Crippen molar-refractivity contribution in [1.29, 1.82) is 0 Å². The maximum absolute atomic E-state index is 9.90. The molecule has 0 amide bonds. The first-order valence-electron chi connectivity index (χ1n) is 16.9. The number of fused-ring (bicyclic) bond motifs is 4. The average molecular weight is 797 g/mol. The fourth-order valence-corrected chi connectivity index (χ4v) is 8.38. The van der Waals surface area contributed by atoms with Crippen LogP contribution in [0, 0.1) is 0 Å². The maximum atomic E-state index is 9.90. The molecule has 2 aliphatic rings. The Bertz CT molecular complexity index is 2160. The highest BCUT2D eigenvalue weighted by Gasteiger charge is 2.29. The lowest BCUT2D eigenvalue weighted by Crippen LogP contribution is -2.29. The molecule has 0 radical (unpaired) electrons. The number of ether oxygens (including phenoxy) is 2. The third-order valence-electron chi connectivity index (χ3n) is 9.95. The molecule has 8 rings (SSSR count). The zero-order valence-corrected chi connectivity index (χ0v) is 31.3. The smallest absolute Gasteiger partial charge is 0.161 e. The Hall–Kier alpha value is -4.08. The van der Waals surface area contributed by atoms with Crippen LogP contribution in [0.4, 0.5) is 0 Å². The molecule has 50 heavy (non-hydrogen) atoms. The number of aromatic hydroxyl groups is 2. The summed E-state index contributed by atoms with van der Waals surface area (Å²) in [5.41, 5.74) is 7.40. The van der Waals surface area contributed by atoms with Gasteiger partial charge in [-0.2, -0.15) is 0 Å². The molecule has 6 aromatic rings. The minimum Gasteiger partial charge on any atom is -0.504 e. The fourth-order valence-electron chi connectivity index (χ4n) is 7.29. The van der Waals surface area contributed by atoms with Crippen LogP contribution in [-0.2, 0) is 25.7 Å². The Labute approximate surface area is 310 Å². The van der Waals surface area contributed by atoms with Crippen molar-refractivity contribution in [3.63, 3.8) is 0 Å². The lowest BCUT2D eigenvalue weighted by atomic mass is 9.89. The monoisotopic (exact) mass is 794 g/mol. The SMILES string of the molecule is COc1cc2c(cc1OC)[C@H](Cc1ccc3ccccc3c1)N(Br)CC2.Oc1cc2c(cc1O)[C@H](Cc1ccc3ccccc3c1)N(Br)CC2. The van der Waals surface area contributed by atoms with E-state index in [1.165, 1.54) is 43.8 Å². The first kappa shape index (κ1) is 34.4. The summed E-state index contributed by atoms with van der Waals surface area (Å²) in [6, 6.07) is 38.2. The zero-order valence-electron chi connectivity index (χ0n) is 28.2. The molecule has 2 heterocycles. The molecule has 0 unspecified atom stereocenters. The Morgan fingerprint density at radius 1 is 0.560 bits per heavy atom. The van der Waals surface area contributed by atoms with E-state index in [0.717, 1.165) is 61.4 Å². The molecule has 0 aromatic heterocycles. The van der Waals surface area contributed by atoms with Crippen LogP contribution in [0.2, 0.25) is 0 Å². The first-order valence-corrected chi connectivity index (χ1v) is 18.3. The minimum absolute atomic E-state index is 0.0405. The molecule has 2 N–H and O–H groups in total. The van der Waals surface area contributed by atoms with Crippen molar-refractivity contribution in [3.8, 4) is 23.0 Å². The molecule has 6 nitrogen and oxygen atoms in total. The summed E-state index contributed by atoms with van der Waals surface area (Å²) >= 11 is 7.44. The van der Waals surface area contributed by atoms with Crippen molar-refractivity contribution >= 4 is 53.8 Å². The number of rotatable bonds is 6. The van der Waals surface area contributed by atoms with Crippen LogP contribution in [-0.4, -0.2) is 45.4 Å².